The highest BCUT2D eigenvalue weighted by Crippen LogP contribution is 2.38. The Bertz CT molecular complexity index is 526. The summed E-state index contributed by atoms with van der Waals surface area (Å²) in [6.45, 7) is 4.24. The van der Waals surface area contributed by atoms with Crippen LogP contribution in [0.3, 0.4) is 0 Å². The van der Waals surface area contributed by atoms with Crippen LogP contribution in [0.15, 0.2) is 0 Å². The monoisotopic (exact) mass is 322 g/mol. The number of rotatable bonds is 4. The van der Waals surface area contributed by atoms with E-state index in [0.717, 1.165) is 0 Å². The average Bonchev–Trinajstić information content (AvgIpc) is 1.67. The molecule has 0 bridgehead atoms. The van der Waals surface area contributed by atoms with Crippen molar-refractivity contribution in [1.29, 1.82) is 0 Å². The van der Waals surface area contributed by atoms with Crippen LogP contribution in [0.25, 0.3) is 0 Å². The van der Waals surface area contributed by atoms with Crippen LogP contribution in [-0.2, 0) is 29.5 Å². The van der Waals surface area contributed by atoms with Crippen LogP contribution >= 0.6 is 0 Å². The number of sulfone groups is 3. The maximum Gasteiger partial charge on any atom is 0.256 e. The first kappa shape index (κ1) is 17.1. The summed E-state index contributed by atoms with van der Waals surface area (Å²) in [7, 11) is -16.0. The van der Waals surface area contributed by atoms with Crippen LogP contribution in [-0.4, -0.2) is 55.1 Å². The van der Waals surface area contributed by atoms with Crippen molar-refractivity contribution >= 4 is 37.6 Å². The highest BCUT2D eigenvalue weighted by molar-refractivity contribution is 8.28. The summed E-state index contributed by atoms with van der Waals surface area (Å²) in [6.07, 6.45) is 1.98. The van der Waals surface area contributed by atoms with Gasteiger partial charge in [0.1, 0.15) is 8.07 Å². The molecule has 0 aromatic rings. The van der Waals surface area contributed by atoms with Gasteiger partial charge in [0, 0.05) is 18.8 Å². The number of hydrogen-bond acceptors (Lipinski definition) is 6. The predicted octanol–water partition coefficient (Wildman–Crippen LogP) is -0.349. The van der Waals surface area contributed by atoms with Gasteiger partial charge in [0.25, 0.3) is 3.03 Å². The Morgan fingerprint density at radius 3 is 0.824 bits per heavy atom. The van der Waals surface area contributed by atoms with Crippen molar-refractivity contribution in [3.8, 4) is 0 Å². The normalized spacial score (nSPS) is 15.9. The van der Waals surface area contributed by atoms with Gasteiger partial charge in [-0.25, -0.2) is 25.3 Å². The molecule has 0 unspecified atom stereocenters. The lowest BCUT2D eigenvalue weighted by atomic mass is 11.7. The van der Waals surface area contributed by atoms with E-state index in [1.54, 1.807) is 0 Å². The Morgan fingerprint density at radius 1 is 0.647 bits per heavy atom. The molecular formula is C7H18O6S3Si. The standard InChI is InChI=1S/C7H18O6S3Si/c1-14(8,9)7(15(2,10)11,16(3,12)13)17(4,5)6/h1-6H3. The third kappa shape index (κ3) is 2.44. The molecule has 0 heterocycles. The van der Waals surface area contributed by atoms with Crippen LogP contribution in [0.1, 0.15) is 0 Å². The van der Waals surface area contributed by atoms with E-state index in [1.165, 1.54) is 19.6 Å². The molecule has 0 aliphatic rings. The molecule has 0 N–H and O–H groups in total. The second-order valence-corrected chi connectivity index (χ2v) is 18.7. The van der Waals surface area contributed by atoms with E-state index in [-0.39, 0.29) is 0 Å². The molecule has 0 aromatic carbocycles. The molecule has 0 aliphatic heterocycles. The van der Waals surface area contributed by atoms with Crippen molar-refractivity contribution < 1.29 is 25.3 Å². The van der Waals surface area contributed by atoms with Gasteiger partial charge in [-0.1, -0.05) is 19.6 Å². The Labute approximate surface area is 104 Å². The lowest BCUT2D eigenvalue weighted by Crippen LogP contribution is -2.66. The van der Waals surface area contributed by atoms with Crippen molar-refractivity contribution in [2.45, 2.75) is 22.7 Å². The zero-order valence-corrected chi connectivity index (χ0v) is 14.1. The molecule has 0 spiro atoms. The molecule has 0 atom stereocenters. The fourth-order valence-electron chi connectivity index (χ4n) is 2.49. The van der Waals surface area contributed by atoms with Crippen LogP contribution in [0.4, 0.5) is 0 Å². The third-order valence-electron chi connectivity index (χ3n) is 2.38. The average molecular weight is 323 g/mol. The minimum Gasteiger partial charge on any atom is -0.227 e. The van der Waals surface area contributed by atoms with Gasteiger partial charge >= 0.3 is 0 Å². The molecule has 0 fully saturated rings. The molecule has 0 saturated heterocycles. The minimum absolute atomic E-state index is 0.660. The van der Waals surface area contributed by atoms with Gasteiger partial charge in [0.2, 0.25) is 0 Å². The molecule has 10 heteroatoms. The van der Waals surface area contributed by atoms with Gasteiger partial charge in [-0.2, -0.15) is 0 Å². The van der Waals surface area contributed by atoms with E-state index in [2.05, 4.69) is 0 Å². The highest BCUT2D eigenvalue weighted by Gasteiger charge is 2.67. The molecule has 0 saturated carbocycles. The van der Waals surface area contributed by atoms with Gasteiger partial charge in [-0.3, -0.25) is 0 Å². The quantitative estimate of drug-likeness (QED) is 0.656. The molecule has 0 radical (unpaired) electrons. The van der Waals surface area contributed by atoms with Crippen LogP contribution in [0.2, 0.25) is 19.6 Å². The fourth-order valence-corrected chi connectivity index (χ4v) is 22.4. The SMILES string of the molecule is C[Si](C)(C)C(S(C)(=O)=O)(S(C)(=O)=O)S(C)(=O)=O. The molecule has 6 nitrogen and oxygen atoms in total. The molecule has 104 valence electrons. The van der Waals surface area contributed by atoms with Crippen molar-refractivity contribution in [3.63, 3.8) is 0 Å². The van der Waals surface area contributed by atoms with Crippen molar-refractivity contribution in [3.05, 3.63) is 0 Å². The first-order valence-corrected chi connectivity index (χ1v) is 13.8. The predicted molar refractivity (Wildman–Crippen MR) is 70.6 cm³/mol. The van der Waals surface area contributed by atoms with Crippen LogP contribution in [0.5, 0.6) is 0 Å². The Morgan fingerprint density at radius 2 is 0.824 bits per heavy atom. The Hall–Kier alpha value is 0.0669. The summed E-state index contributed by atoms with van der Waals surface area (Å²) < 4.78 is 68.5. The van der Waals surface area contributed by atoms with Gasteiger partial charge in [-0.05, 0) is 0 Å². The minimum atomic E-state index is -4.31. The second kappa shape index (κ2) is 4.03. The molecule has 0 aliphatic carbocycles. The first-order chi connectivity index (χ1) is 7.00. The smallest absolute Gasteiger partial charge is 0.227 e. The summed E-state index contributed by atoms with van der Waals surface area (Å²) in [5.41, 5.74) is 0. The van der Waals surface area contributed by atoms with Crippen molar-refractivity contribution in [2.24, 2.45) is 0 Å². The summed E-state index contributed by atoms with van der Waals surface area (Å²) in [4.78, 5) is 0. The van der Waals surface area contributed by atoms with E-state index >= 15 is 0 Å². The van der Waals surface area contributed by atoms with E-state index in [4.69, 9.17) is 0 Å². The van der Waals surface area contributed by atoms with Gasteiger partial charge in [-0.15, -0.1) is 0 Å². The summed E-state index contributed by atoms with van der Waals surface area (Å²) in [5.74, 6) is 0. The largest absolute Gasteiger partial charge is 0.256 e. The van der Waals surface area contributed by atoms with E-state index in [1.807, 2.05) is 0 Å². The third-order valence-corrected chi connectivity index (χ3v) is 21.4. The van der Waals surface area contributed by atoms with E-state index in [9.17, 15) is 25.3 Å². The van der Waals surface area contributed by atoms with Crippen molar-refractivity contribution in [1.82, 2.24) is 0 Å². The Kier molecular flexibility index (Phi) is 4.05. The molecule has 0 rings (SSSR count). The van der Waals surface area contributed by atoms with E-state index < -0.39 is 40.6 Å². The van der Waals surface area contributed by atoms with Crippen LogP contribution < -0.4 is 0 Å². The van der Waals surface area contributed by atoms with Crippen molar-refractivity contribution in [2.75, 3.05) is 18.8 Å². The maximum atomic E-state index is 11.9. The molecule has 0 aromatic heterocycles. The molecular weight excluding hydrogens is 304 g/mol. The zero-order valence-electron chi connectivity index (χ0n) is 10.7. The maximum absolute atomic E-state index is 11.9. The lowest BCUT2D eigenvalue weighted by molar-refractivity contribution is 0.573. The lowest BCUT2D eigenvalue weighted by Gasteiger charge is -2.37. The van der Waals surface area contributed by atoms with E-state index in [0.29, 0.717) is 18.8 Å². The zero-order chi connectivity index (χ0) is 14.5. The van der Waals surface area contributed by atoms with Gasteiger partial charge in [0.05, 0.1) is 0 Å². The summed E-state index contributed by atoms with van der Waals surface area (Å²) >= 11 is 0. The van der Waals surface area contributed by atoms with Crippen LogP contribution in [0, 0.1) is 0 Å². The van der Waals surface area contributed by atoms with Gasteiger partial charge in [0.15, 0.2) is 29.5 Å². The topological polar surface area (TPSA) is 102 Å². The highest BCUT2D eigenvalue weighted by atomic mass is 32.3. The molecule has 17 heavy (non-hydrogen) atoms. The summed E-state index contributed by atoms with van der Waals surface area (Å²) in [5, 5.41) is 0. The Balaban J connectivity index is 7.10. The molecule has 0 amide bonds. The fraction of sp³-hybridized carbons (Fsp3) is 1.00. The first-order valence-electron chi connectivity index (χ1n) is 4.59. The second-order valence-electron chi connectivity index (χ2n) is 5.12. The number of hydrogen-bond donors (Lipinski definition) is 0. The van der Waals surface area contributed by atoms with Gasteiger partial charge < -0.3 is 0 Å². The summed E-state index contributed by atoms with van der Waals surface area (Å²) in [6, 6.07) is 0.